The molecule has 2 aromatic carbocycles. The van der Waals surface area contributed by atoms with Gasteiger partial charge in [0.2, 0.25) is 0 Å². The van der Waals surface area contributed by atoms with Gasteiger partial charge in [0.25, 0.3) is 0 Å². The van der Waals surface area contributed by atoms with Crippen LogP contribution in [-0.4, -0.2) is 0 Å². The van der Waals surface area contributed by atoms with E-state index in [1.807, 2.05) is 0 Å². The van der Waals surface area contributed by atoms with Crippen molar-refractivity contribution in [2.45, 2.75) is 79.1 Å². The van der Waals surface area contributed by atoms with Crippen LogP contribution in [0.3, 0.4) is 0 Å². The highest BCUT2D eigenvalue weighted by Gasteiger charge is 2.05. The van der Waals surface area contributed by atoms with Crippen LogP contribution in [0.5, 0.6) is 0 Å². The van der Waals surface area contributed by atoms with Crippen molar-refractivity contribution in [3.63, 3.8) is 0 Å². The largest absolute Gasteiger partial charge is 0.355 e. The lowest BCUT2D eigenvalue weighted by Gasteiger charge is -2.14. The number of nitrogens with one attached hydrogen (secondary N) is 1. The minimum atomic E-state index is 1.16. The Hall–Kier alpha value is -1.76. The first-order valence-electron chi connectivity index (χ1n) is 10.2. The Morgan fingerprint density at radius 3 is 1.00 bits per heavy atom. The van der Waals surface area contributed by atoms with Gasteiger partial charge in [0.15, 0.2) is 0 Å². The van der Waals surface area contributed by atoms with Crippen molar-refractivity contribution in [1.29, 1.82) is 0 Å². The molecule has 1 heteroatoms. The summed E-state index contributed by atoms with van der Waals surface area (Å²) in [7, 11) is 0. The van der Waals surface area contributed by atoms with Gasteiger partial charge in [0.1, 0.15) is 0 Å². The van der Waals surface area contributed by atoms with Gasteiger partial charge in [-0.05, 0) is 72.2 Å². The Bertz CT molecular complexity index is 551. The van der Waals surface area contributed by atoms with E-state index in [9.17, 15) is 0 Å². The third-order valence-corrected chi connectivity index (χ3v) is 4.55. The summed E-state index contributed by atoms with van der Waals surface area (Å²) in [5.74, 6) is 0. The van der Waals surface area contributed by atoms with Crippen molar-refractivity contribution in [2.24, 2.45) is 0 Å². The van der Waals surface area contributed by atoms with E-state index < -0.39 is 0 Å². The lowest BCUT2D eigenvalue weighted by atomic mass is 10.0. The molecular formula is C24H35N. The lowest BCUT2D eigenvalue weighted by Crippen LogP contribution is -1.98. The Morgan fingerprint density at radius 1 is 0.480 bits per heavy atom. The van der Waals surface area contributed by atoms with Gasteiger partial charge >= 0.3 is 0 Å². The van der Waals surface area contributed by atoms with Gasteiger partial charge in [-0.1, -0.05) is 65.5 Å². The average Bonchev–Trinajstić information content (AvgIpc) is 2.55. The van der Waals surface area contributed by atoms with Crippen molar-refractivity contribution in [3.8, 4) is 0 Å². The van der Waals surface area contributed by atoms with Gasteiger partial charge < -0.3 is 5.32 Å². The number of hydrogen-bond acceptors (Lipinski definition) is 1. The van der Waals surface area contributed by atoms with Crippen LogP contribution >= 0.6 is 0 Å². The van der Waals surface area contributed by atoms with Crippen LogP contribution in [0.25, 0.3) is 0 Å². The first kappa shape index (κ1) is 19.6. The molecule has 0 atom stereocenters. The molecule has 2 rings (SSSR count). The fraction of sp³-hybridized carbons (Fsp3) is 0.500. The van der Waals surface area contributed by atoms with Crippen molar-refractivity contribution in [1.82, 2.24) is 0 Å². The topological polar surface area (TPSA) is 12.0 Å². The van der Waals surface area contributed by atoms with Crippen LogP contribution in [0.15, 0.2) is 36.4 Å². The van der Waals surface area contributed by atoms with Gasteiger partial charge in [-0.2, -0.15) is 0 Å². The van der Waals surface area contributed by atoms with Gasteiger partial charge in [-0.25, -0.2) is 0 Å². The standard InChI is InChI=1S/C24H35N/c1-5-9-19-13-20(10-6-2)16-23(15-19)25-24-17-21(11-7-3)14-22(18-24)12-8-4/h13-18,25H,5-12H2,1-4H3. The number of aryl methyl sites for hydroxylation is 4. The van der Waals surface area contributed by atoms with E-state index in [1.165, 1.54) is 59.3 Å². The van der Waals surface area contributed by atoms with E-state index >= 15 is 0 Å². The van der Waals surface area contributed by atoms with Gasteiger partial charge in [0, 0.05) is 11.4 Å². The molecule has 2 aromatic rings. The zero-order valence-electron chi connectivity index (χ0n) is 16.6. The number of hydrogen-bond donors (Lipinski definition) is 1. The average molecular weight is 338 g/mol. The highest BCUT2D eigenvalue weighted by Crippen LogP contribution is 2.25. The Labute approximate surface area is 154 Å². The predicted octanol–water partition coefficient (Wildman–Crippen LogP) is 7.24. The van der Waals surface area contributed by atoms with Gasteiger partial charge in [-0.15, -0.1) is 0 Å². The summed E-state index contributed by atoms with van der Waals surface area (Å²) < 4.78 is 0. The zero-order valence-corrected chi connectivity index (χ0v) is 16.6. The Kier molecular flexibility index (Phi) is 8.04. The summed E-state index contributed by atoms with van der Waals surface area (Å²) in [6.45, 7) is 9.02. The number of benzene rings is 2. The maximum atomic E-state index is 3.70. The summed E-state index contributed by atoms with van der Waals surface area (Å²) in [6, 6.07) is 14.1. The highest BCUT2D eigenvalue weighted by molar-refractivity contribution is 5.63. The Morgan fingerprint density at radius 2 is 0.760 bits per heavy atom. The third kappa shape index (κ3) is 6.23. The molecule has 0 aromatic heterocycles. The molecule has 0 heterocycles. The van der Waals surface area contributed by atoms with E-state index in [4.69, 9.17) is 0 Å². The molecule has 1 N–H and O–H groups in total. The van der Waals surface area contributed by atoms with Gasteiger partial charge in [0.05, 0.1) is 0 Å². The molecule has 0 aliphatic carbocycles. The molecule has 0 fully saturated rings. The molecule has 0 saturated carbocycles. The van der Waals surface area contributed by atoms with Crippen LogP contribution in [-0.2, 0) is 25.7 Å². The van der Waals surface area contributed by atoms with E-state index in [2.05, 4.69) is 69.4 Å². The molecule has 1 nitrogen and oxygen atoms in total. The van der Waals surface area contributed by atoms with Gasteiger partial charge in [-0.3, -0.25) is 0 Å². The fourth-order valence-electron chi connectivity index (χ4n) is 3.57. The number of anilines is 2. The van der Waals surface area contributed by atoms with Crippen molar-refractivity contribution in [2.75, 3.05) is 5.32 Å². The van der Waals surface area contributed by atoms with E-state index in [0.717, 1.165) is 25.7 Å². The second-order valence-corrected chi connectivity index (χ2v) is 7.20. The summed E-state index contributed by atoms with van der Waals surface area (Å²) in [5.41, 5.74) is 8.30. The molecule has 0 unspecified atom stereocenters. The molecule has 136 valence electrons. The van der Waals surface area contributed by atoms with Crippen LogP contribution < -0.4 is 5.32 Å². The van der Waals surface area contributed by atoms with Crippen molar-refractivity contribution >= 4 is 11.4 Å². The molecule has 0 radical (unpaired) electrons. The van der Waals surface area contributed by atoms with E-state index in [0.29, 0.717) is 0 Å². The molecular weight excluding hydrogens is 302 g/mol. The van der Waals surface area contributed by atoms with Crippen LogP contribution in [0.2, 0.25) is 0 Å². The third-order valence-electron chi connectivity index (χ3n) is 4.55. The van der Waals surface area contributed by atoms with Crippen molar-refractivity contribution < 1.29 is 0 Å². The van der Waals surface area contributed by atoms with E-state index in [1.54, 1.807) is 0 Å². The van der Waals surface area contributed by atoms with Crippen LogP contribution in [0.4, 0.5) is 11.4 Å². The minimum absolute atomic E-state index is 1.16. The SMILES string of the molecule is CCCc1cc(CCC)cc(Nc2cc(CCC)cc(CCC)c2)c1. The fourth-order valence-corrected chi connectivity index (χ4v) is 3.57. The predicted molar refractivity (Wildman–Crippen MR) is 112 cm³/mol. The maximum Gasteiger partial charge on any atom is 0.0389 e. The highest BCUT2D eigenvalue weighted by atomic mass is 14.9. The first-order valence-corrected chi connectivity index (χ1v) is 10.2. The summed E-state index contributed by atoms with van der Waals surface area (Å²) in [5, 5.41) is 3.70. The second kappa shape index (κ2) is 10.3. The van der Waals surface area contributed by atoms with Crippen LogP contribution in [0.1, 0.15) is 75.6 Å². The molecule has 0 aliphatic heterocycles. The first-order chi connectivity index (χ1) is 12.2. The molecule has 0 bridgehead atoms. The lowest BCUT2D eigenvalue weighted by molar-refractivity contribution is 0.894. The second-order valence-electron chi connectivity index (χ2n) is 7.20. The molecule has 0 spiro atoms. The van der Waals surface area contributed by atoms with Crippen LogP contribution in [0, 0.1) is 0 Å². The van der Waals surface area contributed by atoms with Crippen molar-refractivity contribution in [3.05, 3.63) is 58.7 Å². The summed E-state index contributed by atoms with van der Waals surface area (Å²) in [6.07, 6.45) is 9.41. The minimum Gasteiger partial charge on any atom is -0.355 e. The Balaban J connectivity index is 2.30. The summed E-state index contributed by atoms with van der Waals surface area (Å²) >= 11 is 0. The normalized spacial score (nSPS) is 10.9. The molecule has 25 heavy (non-hydrogen) atoms. The van der Waals surface area contributed by atoms with E-state index in [-0.39, 0.29) is 0 Å². The zero-order chi connectivity index (χ0) is 18.1. The molecule has 0 aliphatic rings. The summed E-state index contributed by atoms with van der Waals surface area (Å²) in [4.78, 5) is 0. The molecule has 0 amide bonds. The number of rotatable bonds is 10. The smallest absolute Gasteiger partial charge is 0.0389 e. The quantitative estimate of drug-likeness (QED) is 0.482. The maximum absolute atomic E-state index is 3.70. The molecule has 0 saturated heterocycles. The monoisotopic (exact) mass is 337 g/mol.